The van der Waals surface area contributed by atoms with E-state index < -0.39 is 0 Å². The lowest BCUT2D eigenvalue weighted by atomic mass is 10.0. The summed E-state index contributed by atoms with van der Waals surface area (Å²) in [5.41, 5.74) is 1.48. The summed E-state index contributed by atoms with van der Waals surface area (Å²) in [6.45, 7) is 0.263. The molecule has 2 aromatic carbocycles. The van der Waals surface area contributed by atoms with Crippen LogP contribution in [0.15, 0.2) is 77.2 Å². The summed E-state index contributed by atoms with van der Waals surface area (Å²) in [6, 6.07) is 18.7. The van der Waals surface area contributed by atoms with Crippen molar-refractivity contribution in [3.05, 3.63) is 88.3 Å². The molecule has 0 aliphatic carbocycles. The molecule has 6 nitrogen and oxygen atoms in total. The molecule has 3 heterocycles. The molecular formula is C22H17N3O3S. The maximum absolute atomic E-state index is 13.4. The lowest BCUT2D eigenvalue weighted by Gasteiger charge is -2.37. The van der Waals surface area contributed by atoms with Gasteiger partial charge in [0.05, 0.1) is 23.4 Å². The predicted molar refractivity (Wildman–Crippen MR) is 112 cm³/mol. The molecule has 0 saturated heterocycles. The van der Waals surface area contributed by atoms with E-state index in [-0.39, 0.29) is 24.1 Å². The molecule has 0 fully saturated rings. The minimum Gasteiger partial charge on any atom is -0.489 e. The maximum Gasteiger partial charge on any atom is 0.262 e. The van der Waals surface area contributed by atoms with Crippen molar-refractivity contribution in [1.82, 2.24) is 9.55 Å². The first-order valence-corrected chi connectivity index (χ1v) is 10.1. The molecule has 1 aliphatic rings. The third kappa shape index (κ3) is 3.09. The monoisotopic (exact) mass is 403 g/mol. The van der Waals surface area contributed by atoms with Crippen LogP contribution in [0.25, 0.3) is 10.2 Å². The van der Waals surface area contributed by atoms with Gasteiger partial charge in [0.25, 0.3) is 5.56 Å². The minimum absolute atomic E-state index is 0.0880. The Morgan fingerprint density at radius 3 is 2.76 bits per heavy atom. The fourth-order valence-electron chi connectivity index (χ4n) is 3.65. The van der Waals surface area contributed by atoms with Gasteiger partial charge in [0, 0.05) is 0 Å². The Morgan fingerprint density at radius 2 is 1.90 bits per heavy atom. The standard InChI is InChI=1S/C22H17N3O3S/c26-20(12-24-14-23-21-16(22(24)27)10-11-29-21)25-17-8-4-5-9-19(17)28-13-18(25)15-6-2-1-3-7-15/h1-11,14,18H,12-13H2/t18-/m0/s1. The van der Waals surface area contributed by atoms with Crippen molar-refractivity contribution < 1.29 is 9.53 Å². The molecule has 0 radical (unpaired) electrons. The molecule has 4 aromatic rings. The highest BCUT2D eigenvalue weighted by atomic mass is 32.1. The number of nitrogens with zero attached hydrogens (tertiary/aromatic N) is 3. The van der Waals surface area contributed by atoms with Crippen molar-refractivity contribution in [2.24, 2.45) is 0 Å². The first-order valence-electron chi connectivity index (χ1n) is 9.24. The van der Waals surface area contributed by atoms with Crippen molar-refractivity contribution in [1.29, 1.82) is 0 Å². The fraction of sp³-hybridized carbons (Fsp3) is 0.136. The van der Waals surface area contributed by atoms with Gasteiger partial charge in [-0.2, -0.15) is 0 Å². The van der Waals surface area contributed by atoms with Crippen molar-refractivity contribution in [3.63, 3.8) is 0 Å². The lowest BCUT2D eigenvalue weighted by molar-refractivity contribution is -0.120. The van der Waals surface area contributed by atoms with Crippen LogP contribution in [0, 0.1) is 0 Å². The van der Waals surface area contributed by atoms with Gasteiger partial charge in [0.1, 0.15) is 23.7 Å². The van der Waals surface area contributed by atoms with Crippen LogP contribution < -0.4 is 15.2 Å². The number of amides is 1. The number of aromatic nitrogens is 2. The Hall–Kier alpha value is -3.45. The Bertz CT molecular complexity index is 1250. The van der Waals surface area contributed by atoms with Crippen molar-refractivity contribution in [2.75, 3.05) is 11.5 Å². The summed E-state index contributed by atoms with van der Waals surface area (Å²) in [7, 11) is 0. The number of hydrogen-bond donors (Lipinski definition) is 0. The first kappa shape index (κ1) is 17.6. The van der Waals surface area contributed by atoms with E-state index in [1.54, 1.807) is 11.0 Å². The van der Waals surface area contributed by atoms with Crippen LogP contribution in [0.5, 0.6) is 5.75 Å². The zero-order valence-corrected chi connectivity index (χ0v) is 16.2. The summed E-state index contributed by atoms with van der Waals surface area (Å²) in [4.78, 5) is 32.9. The van der Waals surface area contributed by atoms with Crippen LogP contribution in [0.4, 0.5) is 5.69 Å². The van der Waals surface area contributed by atoms with Crippen LogP contribution >= 0.6 is 11.3 Å². The third-order valence-electron chi connectivity index (χ3n) is 5.04. The van der Waals surface area contributed by atoms with Gasteiger partial charge in [-0.25, -0.2) is 4.98 Å². The number of carbonyl (C=O) groups excluding carboxylic acids is 1. The number of hydrogen-bond acceptors (Lipinski definition) is 5. The molecule has 0 unspecified atom stereocenters. The molecule has 0 bridgehead atoms. The number of ether oxygens (including phenoxy) is 1. The van der Waals surface area contributed by atoms with E-state index in [4.69, 9.17) is 4.74 Å². The second kappa shape index (κ2) is 7.18. The van der Waals surface area contributed by atoms with E-state index in [1.165, 1.54) is 22.2 Å². The number of carbonyl (C=O) groups is 1. The van der Waals surface area contributed by atoms with E-state index in [2.05, 4.69) is 4.98 Å². The predicted octanol–water partition coefficient (Wildman–Crippen LogP) is 3.62. The molecule has 0 N–H and O–H groups in total. The molecule has 0 spiro atoms. The zero-order valence-electron chi connectivity index (χ0n) is 15.4. The highest BCUT2D eigenvalue weighted by molar-refractivity contribution is 7.16. The number of para-hydroxylation sites is 2. The molecule has 5 rings (SSSR count). The van der Waals surface area contributed by atoms with E-state index in [0.29, 0.717) is 28.3 Å². The van der Waals surface area contributed by atoms with Crippen LogP contribution in [0.1, 0.15) is 11.6 Å². The Labute approximate surface area is 170 Å². The second-order valence-electron chi connectivity index (χ2n) is 6.79. The summed E-state index contributed by atoms with van der Waals surface area (Å²) >= 11 is 1.41. The number of thiophene rings is 1. The molecule has 144 valence electrons. The van der Waals surface area contributed by atoms with Crippen LogP contribution in [0.3, 0.4) is 0 Å². The van der Waals surface area contributed by atoms with E-state index in [9.17, 15) is 9.59 Å². The third-order valence-corrected chi connectivity index (χ3v) is 5.86. The summed E-state index contributed by atoms with van der Waals surface area (Å²) in [5, 5.41) is 2.36. The SMILES string of the molecule is O=C(Cn1cnc2sccc2c1=O)N1c2ccccc2OC[C@H]1c1ccccc1. The fourth-order valence-corrected chi connectivity index (χ4v) is 4.37. The van der Waals surface area contributed by atoms with Crippen LogP contribution in [-0.2, 0) is 11.3 Å². The van der Waals surface area contributed by atoms with Crippen molar-refractivity contribution in [2.45, 2.75) is 12.6 Å². The van der Waals surface area contributed by atoms with Gasteiger partial charge in [-0.05, 0) is 29.1 Å². The molecule has 1 amide bonds. The van der Waals surface area contributed by atoms with Gasteiger partial charge in [-0.1, -0.05) is 42.5 Å². The smallest absolute Gasteiger partial charge is 0.262 e. The summed E-state index contributed by atoms with van der Waals surface area (Å²) < 4.78 is 7.29. The number of anilines is 1. The molecule has 29 heavy (non-hydrogen) atoms. The highest BCUT2D eigenvalue weighted by Crippen LogP contribution is 2.39. The van der Waals surface area contributed by atoms with Gasteiger partial charge in [0.15, 0.2) is 0 Å². The summed E-state index contributed by atoms with van der Waals surface area (Å²) in [6.07, 6.45) is 1.45. The van der Waals surface area contributed by atoms with Crippen molar-refractivity contribution >= 4 is 33.1 Å². The number of fused-ring (bicyclic) bond motifs is 2. The van der Waals surface area contributed by atoms with Crippen LogP contribution in [-0.4, -0.2) is 22.1 Å². The second-order valence-corrected chi connectivity index (χ2v) is 7.68. The van der Waals surface area contributed by atoms with Gasteiger partial charge in [0.2, 0.25) is 5.91 Å². The largest absolute Gasteiger partial charge is 0.489 e. The first-order chi connectivity index (χ1) is 14.2. The molecule has 0 saturated carbocycles. The van der Waals surface area contributed by atoms with E-state index in [1.807, 2.05) is 60.0 Å². The van der Waals surface area contributed by atoms with Gasteiger partial charge >= 0.3 is 0 Å². The number of benzene rings is 2. The average molecular weight is 403 g/mol. The maximum atomic E-state index is 13.4. The lowest BCUT2D eigenvalue weighted by Crippen LogP contribution is -2.43. The van der Waals surface area contributed by atoms with Crippen molar-refractivity contribution in [3.8, 4) is 5.75 Å². The van der Waals surface area contributed by atoms with E-state index in [0.717, 1.165) is 5.56 Å². The molecular weight excluding hydrogens is 386 g/mol. The quantitative estimate of drug-likeness (QED) is 0.524. The normalized spacial score (nSPS) is 15.7. The topological polar surface area (TPSA) is 64.4 Å². The van der Waals surface area contributed by atoms with Gasteiger partial charge in [-0.15, -0.1) is 11.3 Å². The van der Waals surface area contributed by atoms with E-state index >= 15 is 0 Å². The average Bonchev–Trinajstić information content (AvgIpc) is 3.25. The minimum atomic E-state index is -0.271. The Kier molecular flexibility index (Phi) is 4.37. The molecule has 1 atom stereocenters. The van der Waals surface area contributed by atoms with Gasteiger partial charge in [-0.3, -0.25) is 19.1 Å². The van der Waals surface area contributed by atoms with Gasteiger partial charge < -0.3 is 4.74 Å². The highest BCUT2D eigenvalue weighted by Gasteiger charge is 2.33. The zero-order chi connectivity index (χ0) is 19.8. The Morgan fingerprint density at radius 1 is 1.10 bits per heavy atom. The Balaban J connectivity index is 1.55. The summed E-state index contributed by atoms with van der Waals surface area (Å²) in [5.74, 6) is 0.472. The molecule has 1 aliphatic heterocycles. The number of rotatable bonds is 3. The molecule has 2 aromatic heterocycles. The van der Waals surface area contributed by atoms with Crippen LogP contribution in [0.2, 0.25) is 0 Å². The molecule has 7 heteroatoms.